The van der Waals surface area contributed by atoms with Crippen molar-refractivity contribution < 1.29 is 0 Å². The largest absolute Gasteiger partial charge is 0.330 e. The van der Waals surface area contributed by atoms with Crippen LogP contribution in [-0.2, 0) is 6.54 Å². The van der Waals surface area contributed by atoms with Gasteiger partial charge in [-0.25, -0.2) is 4.98 Å². The highest BCUT2D eigenvalue weighted by Gasteiger charge is 2.15. The second kappa shape index (κ2) is 6.99. The fourth-order valence-electron chi connectivity index (χ4n) is 1.75. The lowest BCUT2D eigenvalue weighted by Gasteiger charge is -2.23. The molecule has 92 valence electrons. The van der Waals surface area contributed by atoms with E-state index in [0.29, 0.717) is 5.41 Å². The first-order valence-corrected chi connectivity index (χ1v) is 6.86. The minimum Gasteiger partial charge on any atom is -0.330 e. The van der Waals surface area contributed by atoms with E-state index in [2.05, 4.69) is 29.5 Å². The number of thiazole rings is 1. The van der Waals surface area contributed by atoms with Crippen molar-refractivity contribution in [2.24, 2.45) is 11.1 Å². The van der Waals surface area contributed by atoms with E-state index >= 15 is 0 Å². The van der Waals surface area contributed by atoms with E-state index in [1.807, 2.05) is 5.51 Å². The molecule has 0 unspecified atom stereocenters. The van der Waals surface area contributed by atoms with Crippen LogP contribution in [0, 0.1) is 5.41 Å². The van der Waals surface area contributed by atoms with Crippen LogP contribution in [0.3, 0.4) is 0 Å². The number of nitrogens with zero attached hydrogens (tertiary/aromatic N) is 1. The molecule has 0 spiro atoms. The van der Waals surface area contributed by atoms with Crippen LogP contribution in [0.2, 0.25) is 0 Å². The molecule has 3 nitrogen and oxygen atoms in total. The Morgan fingerprint density at radius 3 is 2.88 bits per heavy atom. The molecule has 0 aliphatic rings. The molecule has 0 radical (unpaired) electrons. The predicted molar refractivity (Wildman–Crippen MR) is 70.5 cm³/mol. The molecule has 0 aliphatic carbocycles. The summed E-state index contributed by atoms with van der Waals surface area (Å²) in [6.45, 7) is 7.33. The van der Waals surface area contributed by atoms with Gasteiger partial charge >= 0.3 is 0 Å². The lowest BCUT2D eigenvalue weighted by atomic mass is 9.84. The molecule has 1 heterocycles. The van der Waals surface area contributed by atoms with Crippen LogP contribution in [0.1, 0.15) is 38.8 Å². The summed E-state index contributed by atoms with van der Waals surface area (Å²) in [4.78, 5) is 4.23. The van der Waals surface area contributed by atoms with Crippen molar-refractivity contribution in [3.63, 3.8) is 0 Å². The molecule has 1 aromatic rings. The van der Waals surface area contributed by atoms with Crippen LogP contribution >= 0.6 is 11.3 Å². The second-order valence-corrected chi connectivity index (χ2v) is 5.68. The zero-order chi connectivity index (χ0) is 11.9. The van der Waals surface area contributed by atoms with E-state index in [4.69, 9.17) is 5.73 Å². The van der Waals surface area contributed by atoms with E-state index in [9.17, 15) is 0 Å². The highest BCUT2D eigenvalue weighted by molar-refractivity contribution is 7.07. The van der Waals surface area contributed by atoms with Gasteiger partial charge in [0.1, 0.15) is 0 Å². The van der Waals surface area contributed by atoms with Gasteiger partial charge in [-0.05, 0) is 37.8 Å². The molecule has 0 amide bonds. The van der Waals surface area contributed by atoms with Crippen molar-refractivity contribution >= 4 is 11.3 Å². The van der Waals surface area contributed by atoms with Crippen LogP contribution in [0.4, 0.5) is 0 Å². The number of aromatic nitrogens is 1. The van der Waals surface area contributed by atoms with Crippen molar-refractivity contribution in [2.75, 3.05) is 13.1 Å². The standard InChI is InChI=1S/C12H23N3S/c1-12(2,5-6-13)4-3-7-14-8-11-9-16-10-15-11/h9-10,14H,3-8,13H2,1-2H3. The van der Waals surface area contributed by atoms with Crippen molar-refractivity contribution in [1.29, 1.82) is 0 Å². The molecule has 0 bridgehead atoms. The van der Waals surface area contributed by atoms with Crippen molar-refractivity contribution in [2.45, 2.75) is 39.7 Å². The third kappa shape index (κ3) is 5.58. The molecule has 0 aromatic carbocycles. The molecule has 1 aromatic heterocycles. The van der Waals surface area contributed by atoms with Gasteiger partial charge in [0.15, 0.2) is 0 Å². The first-order valence-electron chi connectivity index (χ1n) is 5.92. The van der Waals surface area contributed by atoms with Gasteiger partial charge in [0, 0.05) is 11.9 Å². The van der Waals surface area contributed by atoms with Crippen molar-refractivity contribution in [1.82, 2.24) is 10.3 Å². The lowest BCUT2D eigenvalue weighted by Crippen LogP contribution is -2.20. The zero-order valence-corrected chi connectivity index (χ0v) is 11.1. The van der Waals surface area contributed by atoms with E-state index in [-0.39, 0.29) is 0 Å². The normalized spacial score (nSPS) is 11.9. The van der Waals surface area contributed by atoms with Crippen LogP contribution in [-0.4, -0.2) is 18.1 Å². The summed E-state index contributed by atoms with van der Waals surface area (Å²) in [5.74, 6) is 0. The van der Waals surface area contributed by atoms with Gasteiger partial charge in [-0.2, -0.15) is 0 Å². The number of hydrogen-bond acceptors (Lipinski definition) is 4. The fraction of sp³-hybridized carbons (Fsp3) is 0.750. The summed E-state index contributed by atoms with van der Waals surface area (Å²) >= 11 is 1.65. The third-order valence-corrected chi connectivity index (χ3v) is 3.45. The summed E-state index contributed by atoms with van der Waals surface area (Å²) in [5.41, 5.74) is 8.99. The number of nitrogens with one attached hydrogen (secondary N) is 1. The van der Waals surface area contributed by atoms with Crippen LogP contribution < -0.4 is 11.1 Å². The first kappa shape index (κ1) is 13.6. The maximum Gasteiger partial charge on any atom is 0.0795 e. The monoisotopic (exact) mass is 241 g/mol. The topological polar surface area (TPSA) is 50.9 Å². The Labute approximate surface area is 102 Å². The van der Waals surface area contributed by atoms with Crippen LogP contribution in [0.25, 0.3) is 0 Å². The number of rotatable bonds is 8. The Balaban J connectivity index is 2.03. The number of hydrogen-bond donors (Lipinski definition) is 2. The minimum absolute atomic E-state index is 0.386. The third-order valence-electron chi connectivity index (χ3n) is 2.82. The Morgan fingerprint density at radius 1 is 1.44 bits per heavy atom. The lowest BCUT2D eigenvalue weighted by molar-refractivity contribution is 0.302. The van der Waals surface area contributed by atoms with Gasteiger partial charge in [0.2, 0.25) is 0 Å². The average molecular weight is 241 g/mol. The summed E-state index contributed by atoms with van der Waals surface area (Å²) in [6.07, 6.45) is 3.55. The Hall–Kier alpha value is -0.450. The fourth-order valence-corrected chi connectivity index (χ4v) is 2.31. The summed E-state index contributed by atoms with van der Waals surface area (Å²) in [7, 11) is 0. The van der Waals surface area contributed by atoms with Crippen LogP contribution in [0.5, 0.6) is 0 Å². The van der Waals surface area contributed by atoms with E-state index in [0.717, 1.165) is 31.7 Å². The predicted octanol–water partition coefficient (Wildman–Crippen LogP) is 2.39. The van der Waals surface area contributed by atoms with Gasteiger partial charge < -0.3 is 11.1 Å². The van der Waals surface area contributed by atoms with Crippen molar-refractivity contribution in [3.8, 4) is 0 Å². The van der Waals surface area contributed by atoms with E-state index in [1.165, 1.54) is 12.8 Å². The van der Waals surface area contributed by atoms with Crippen LogP contribution in [0.15, 0.2) is 10.9 Å². The SMILES string of the molecule is CC(C)(CCN)CCCNCc1cscn1. The summed E-state index contributed by atoms with van der Waals surface area (Å²) in [6, 6.07) is 0. The molecule has 0 aliphatic heterocycles. The maximum atomic E-state index is 5.59. The molecule has 1 rings (SSSR count). The molecule has 0 saturated carbocycles. The number of nitrogens with two attached hydrogens (primary N) is 1. The second-order valence-electron chi connectivity index (χ2n) is 4.96. The minimum atomic E-state index is 0.386. The molecule has 0 fully saturated rings. The van der Waals surface area contributed by atoms with Gasteiger partial charge in [-0.15, -0.1) is 11.3 Å². The smallest absolute Gasteiger partial charge is 0.0795 e. The summed E-state index contributed by atoms with van der Waals surface area (Å²) < 4.78 is 0. The average Bonchev–Trinajstić information content (AvgIpc) is 2.69. The Morgan fingerprint density at radius 2 is 2.25 bits per heavy atom. The Kier molecular flexibility index (Phi) is 5.95. The Bertz CT molecular complexity index is 270. The molecular formula is C12H23N3S. The molecular weight excluding hydrogens is 218 g/mol. The molecule has 3 N–H and O–H groups in total. The highest BCUT2D eigenvalue weighted by atomic mass is 32.1. The quantitative estimate of drug-likeness (QED) is 0.687. The van der Waals surface area contributed by atoms with Gasteiger partial charge in [0.05, 0.1) is 11.2 Å². The molecule has 16 heavy (non-hydrogen) atoms. The van der Waals surface area contributed by atoms with Gasteiger partial charge in [-0.1, -0.05) is 13.8 Å². The van der Waals surface area contributed by atoms with Crippen molar-refractivity contribution in [3.05, 3.63) is 16.6 Å². The van der Waals surface area contributed by atoms with E-state index < -0.39 is 0 Å². The van der Waals surface area contributed by atoms with Gasteiger partial charge in [-0.3, -0.25) is 0 Å². The molecule has 0 saturated heterocycles. The first-order chi connectivity index (χ1) is 7.64. The zero-order valence-electron chi connectivity index (χ0n) is 10.3. The molecule has 0 atom stereocenters. The summed E-state index contributed by atoms with van der Waals surface area (Å²) in [5, 5.41) is 5.50. The van der Waals surface area contributed by atoms with E-state index in [1.54, 1.807) is 11.3 Å². The maximum absolute atomic E-state index is 5.59. The van der Waals surface area contributed by atoms with Gasteiger partial charge in [0.25, 0.3) is 0 Å². The highest BCUT2D eigenvalue weighted by Crippen LogP contribution is 2.25. The molecule has 4 heteroatoms.